The number of carbonyl (C=O) groups excluding carboxylic acids is 3. The van der Waals surface area contributed by atoms with Crippen molar-refractivity contribution in [3.05, 3.63) is 132 Å². The summed E-state index contributed by atoms with van der Waals surface area (Å²) in [6, 6.07) is 24.8. The predicted octanol–water partition coefficient (Wildman–Crippen LogP) is 7.64. The van der Waals surface area contributed by atoms with Crippen LogP contribution >= 0.6 is 0 Å². The zero-order chi connectivity index (χ0) is 44.6. The summed E-state index contributed by atoms with van der Waals surface area (Å²) in [6.07, 6.45) is 14.1. The minimum atomic E-state index is -4.84. The lowest BCUT2D eigenvalue weighted by Gasteiger charge is -2.27. The number of carbonyl (C=O) groups is 3. The van der Waals surface area contributed by atoms with E-state index >= 15 is 0 Å². The van der Waals surface area contributed by atoms with Crippen LogP contribution in [-0.4, -0.2) is 83.2 Å². The standard InChI is InChI=1S/C47H49N3O10S2/c1-46(2)39(48(28-14-15-30-61(54,55)56)36-26-24-32-17-10-12-19-34(32)43(36)46)21-8-6-5-7-9-22-40-47(3,4)44-35-20-13-11-18-33(35)25-27-37(44)49(40)29-16-23-42(52)60-50-41(51)31-38(45(50)53)62(57,58)59/h5-13,17-22,24-27,38H,14-16,23,28-31H2,1-4H3,(H-,54,55,56,57,58,59)/p+1. The van der Waals surface area contributed by atoms with E-state index in [1.807, 2.05) is 60.7 Å². The van der Waals surface area contributed by atoms with Crippen molar-refractivity contribution in [2.24, 2.45) is 0 Å². The Morgan fingerprint density at radius 2 is 1.42 bits per heavy atom. The van der Waals surface area contributed by atoms with Gasteiger partial charge in [-0.25, -0.2) is 4.79 Å². The highest BCUT2D eigenvalue weighted by Gasteiger charge is 2.49. The Kier molecular flexibility index (Phi) is 12.3. The molecule has 0 aromatic heterocycles. The fourth-order valence-electron chi connectivity index (χ4n) is 9.03. The Balaban J connectivity index is 1.10. The maximum atomic E-state index is 12.8. The number of imide groups is 1. The number of anilines is 1. The van der Waals surface area contributed by atoms with Crippen LogP contribution in [0, 0.1) is 0 Å². The number of nitrogens with zero attached hydrogens (tertiary/aromatic N) is 3. The second-order valence-corrected chi connectivity index (χ2v) is 19.9. The van der Waals surface area contributed by atoms with E-state index < -0.39 is 55.1 Å². The number of hydrogen-bond donors (Lipinski definition) is 2. The van der Waals surface area contributed by atoms with Gasteiger partial charge in [-0.3, -0.25) is 18.7 Å². The first kappa shape index (κ1) is 44.3. The predicted molar refractivity (Wildman–Crippen MR) is 239 cm³/mol. The van der Waals surface area contributed by atoms with Gasteiger partial charge in [0, 0.05) is 47.5 Å². The number of allylic oxidation sites excluding steroid dienone is 8. The highest BCUT2D eigenvalue weighted by molar-refractivity contribution is 7.87. The van der Waals surface area contributed by atoms with E-state index in [0.29, 0.717) is 25.9 Å². The van der Waals surface area contributed by atoms with Gasteiger partial charge in [0.1, 0.15) is 6.54 Å². The van der Waals surface area contributed by atoms with E-state index in [2.05, 4.69) is 91.8 Å². The zero-order valence-electron chi connectivity index (χ0n) is 35.0. The lowest BCUT2D eigenvalue weighted by molar-refractivity contribution is -0.438. The first-order chi connectivity index (χ1) is 29.3. The van der Waals surface area contributed by atoms with Crippen molar-refractivity contribution < 1.29 is 49.7 Å². The summed E-state index contributed by atoms with van der Waals surface area (Å²) in [5.41, 5.74) is 5.66. The number of benzene rings is 4. The van der Waals surface area contributed by atoms with Crippen LogP contribution in [0.25, 0.3) is 21.5 Å². The van der Waals surface area contributed by atoms with Gasteiger partial charge in [-0.15, -0.1) is 5.06 Å². The van der Waals surface area contributed by atoms with Gasteiger partial charge in [-0.05, 0) is 72.0 Å². The van der Waals surface area contributed by atoms with Crippen LogP contribution in [0.3, 0.4) is 0 Å². The molecule has 1 saturated heterocycles. The summed E-state index contributed by atoms with van der Waals surface area (Å²) < 4.78 is 66.7. The van der Waals surface area contributed by atoms with Gasteiger partial charge in [-0.2, -0.15) is 21.4 Å². The Morgan fingerprint density at radius 3 is 2.08 bits per heavy atom. The molecule has 1 unspecified atom stereocenters. The molecule has 0 saturated carbocycles. The molecule has 0 spiro atoms. The van der Waals surface area contributed by atoms with Crippen molar-refractivity contribution in [2.75, 3.05) is 23.7 Å². The molecule has 3 heterocycles. The van der Waals surface area contributed by atoms with Crippen molar-refractivity contribution >= 4 is 76.7 Å². The molecule has 62 heavy (non-hydrogen) atoms. The van der Waals surface area contributed by atoms with Crippen molar-refractivity contribution in [1.82, 2.24) is 5.06 Å². The average Bonchev–Trinajstić information content (AvgIpc) is 3.71. The van der Waals surface area contributed by atoms with Gasteiger partial charge in [0.2, 0.25) is 5.69 Å². The molecule has 0 radical (unpaired) electrons. The molecule has 13 nitrogen and oxygen atoms in total. The van der Waals surface area contributed by atoms with E-state index in [0.717, 1.165) is 44.5 Å². The Labute approximate surface area is 361 Å². The summed E-state index contributed by atoms with van der Waals surface area (Å²) in [5, 5.41) is 2.63. The molecule has 4 aromatic carbocycles. The van der Waals surface area contributed by atoms with Gasteiger partial charge >= 0.3 is 5.97 Å². The molecule has 2 N–H and O–H groups in total. The molecule has 1 fully saturated rings. The van der Waals surface area contributed by atoms with Crippen molar-refractivity contribution in [2.45, 2.75) is 75.9 Å². The number of fused-ring (bicyclic) bond motifs is 6. The van der Waals surface area contributed by atoms with Gasteiger partial charge in [0.25, 0.3) is 32.1 Å². The number of hydroxylamine groups is 2. The minimum absolute atomic E-state index is 0.126. The van der Waals surface area contributed by atoms with Crippen molar-refractivity contribution in [3.63, 3.8) is 0 Å². The summed E-state index contributed by atoms with van der Waals surface area (Å²) >= 11 is 0. The van der Waals surface area contributed by atoms with Crippen molar-refractivity contribution in [1.29, 1.82) is 0 Å². The highest BCUT2D eigenvalue weighted by atomic mass is 32.2. The Hall–Kier alpha value is -5.74. The monoisotopic (exact) mass is 880 g/mol. The fraction of sp³-hybridized carbons (Fsp3) is 0.319. The maximum Gasteiger partial charge on any atom is 0.333 e. The van der Waals surface area contributed by atoms with Crippen LogP contribution in [0.4, 0.5) is 11.4 Å². The summed E-state index contributed by atoms with van der Waals surface area (Å²) in [4.78, 5) is 44.7. The smallest absolute Gasteiger partial charge is 0.333 e. The van der Waals surface area contributed by atoms with Gasteiger partial charge < -0.3 is 9.74 Å². The molecule has 4 aromatic rings. The van der Waals surface area contributed by atoms with E-state index in [-0.39, 0.29) is 29.1 Å². The summed E-state index contributed by atoms with van der Waals surface area (Å²) in [7, 11) is -8.89. The van der Waals surface area contributed by atoms with Gasteiger partial charge in [-0.1, -0.05) is 98.8 Å². The molecule has 2 amide bonds. The summed E-state index contributed by atoms with van der Waals surface area (Å²) in [5.74, 6) is -3.50. The third-order valence-corrected chi connectivity index (χ3v) is 13.8. The first-order valence-electron chi connectivity index (χ1n) is 20.5. The summed E-state index contributed by atoms with van der Waals surface area (Å²) in [6.45, 7) is 9.66. The fourth-order valence-corrected chi connectivity index (χ4v) is 10.3. The maximum absolute atomic E-state index is 12.8. The SMILES string of the molecule is CC1(C)C(=CC=CC=CC=CC2=[N+](CCCC(=O)ON3C(=O)CC(S(=O)(=O)O)C3=O)c3ccc4ccccc4c3C2(C)C)N(CCCCS(=O)(=O)O)c2ccc3ccccc3c21. The minimum Gasteiger partial charge on any atom is -0.344 e. The molecule has 3 aliphatic rings. The van der Waals surface area contributed by atoms with Crippen molar-refractivity contribution in [3.8, 4) is 0 Å². The van der Waals surface area contributed by atoms with E-state index in [1.54, 1.807) is 0 Å². The largest absolute Gasteiger partial charge is 0.344 e. The third kappa shape index (κ3) is 8.80. The number of unbranched alkanes of at least 4 members (excludes halogenated alkanes) is 1. The molecule has 3 aliphatic heterocycles. The second kappa shape index (κ2) is 17.2. The van der Waals surface area contributed by atoms with Gasteiger partial charge in [0.05, 0.1) is 24.0 Å². The molecule has 7 rings (SSSR count). The molecule has 324 valence electrons. The van der Waals surface area contributed by atoms with Crippen LogP contribution in [0.15, 0.2) is 121 Å². The number of hydrogen-bond acceptors (Lipinski definition) is 9. The number of amides is 2. The van der Waals surface area contributed by atoms with E-state index in [1.165, 1.54) is 10.9 Å². The van der Waals surface area contributed by atoms with Crippen LogP contribution in [0.1, 0.15) is 70.9 Å². The van der Waals surface area contributed by atoms with Crippen LogP contribution in [-0.2, 0) is 50.3 Å². The number of rotatable bonds is 15. The third-order valence-electron chi connectivity index (χ3n) is 11.9. The van der Waals surface area contributed by atoms with Crippen LogP contribution < -0.4 is 4.90 Å². The lowest BCUT2D eigenvalue weighted by Crippen LogP contribution is -2.36. The normalized spacial score (nSPS) is 19.4. The van der Waals surface area contributed by atoms with Gasteiger partial charge in [0.15, 0.2) is 11.0 Å². The highest BCUT2D eigenvalue weighted by Crippen LogP contribution is 2.51. The lowest BCUT2D eigenvalue weighted by atomic mass is 9.79. The Bertz CT molecular complexity index is 2870. The Morgan fingerprint density at radius 1 is 0.790 bits per heavy atom. The van der Waals surface area contributed by atoms with E-state index in [9.17, 15) is 40.3 Å². The molecule has 0 bridgehead atoms. The molecule has 0 aliphatic carbocycles. The molecule has 1 atom stereocenters. The average molecular weight is 881 g/mol. The second-order valence-electron chi connectivity index (χ2n) is 16.8. The molecular formula is C47H50N3O10S2+. The first-order valence-corrected chi connectivity index (χ1v) is 23.6. The quantitative estimate of drug-likeness (QED) is 0.0394. The van der Waals surface area contributed by atoms with Crippen LogP contribution in [0.2, 0.25) is 0 Å². The van der Waals surface area contributed by atoms with E-state index in [4.69, 9.17) is 4.84 Å². The zero-order valence-corrected chi connectivity index (χ0v) is 36.7. The topological polar surface area (TPSA) is 179 Å². The molecular weight excluding hydrogens is 831 g/mol. The molecule has 15 heteroatoms. The van der Waals surface area contributed by atoms with Crippen LogP contribution in [0.5, 0.6) is 0 Å².